The Labute approximate surface area is 255 Å². The molecule has 1 saturated heterocycles. The molecule has 8 heteroatoms. The summed E-state index contributed by atoms with van der Waals surface area (Å²) in [6.45, 7) is 5.71. The van der Waals surface area contributed by atoms with Crippen LogP contribution >= 0.6 is 0 Å². The van der Waals surface area contributed by atoms with Gasteiger partial charge in [-0.05, 0) is 103 Å². The van der Waals surface area contributed by atoms with Crippen molar-refractivity contribution in [3.8, 4) is 11.5 Å². The van der Waals surface area contributed by atoms with Crippen LogP contribution in [0.2, 0.25) is 0 Å². The number of carboxylic acids is 1. The topological polar surface area (TPSA) is 113 Å². The molecule has 0 amide bonds. The number of esters is 1. The second-order valence-electron chi connectivity index (χ2n) is 13.7. The average Bonchev–Trinajstić information content (AvgIpc) is 3.72. The molecule has 3 aliphatic carbocycles. The van der Waals surface area contributed by atoms with Crippen LogP contribution in [-0.4, -0.2) is 63.7 Å². The molecule has 8 rings (SSSR count). The van der Waals surface area contributed by atoms with Gasteiger partial charge in [-0.2, -0.15) is 0 Å². The molecule has 0 radical (unpaired) electrons. The number of ketones is 1. The third kappa shape index (κ3) is 3.86. The number of Topliss-reactive ketones (excluding diaryl/α,β-unsaturated/α-hetero) is 1. The molecule has 0 aromatic heterocycles. The van der Waals surface area contributed by atoms with Gasteiger partial charge in [-0.25, -0.2) is 0 Å². The first kappa shape index (κ1) is 27.8. The summed E-state index contributed by atoms with van der Waals surface area (Å²) in [7, 11) is 0. The van der Waals surface area contributed by atoms with Gasteiger partial charge in [0.15, 0.2) is 23.4 Å². The first-order valence-corrected chi connectivity index (χ1v) is 15.9. The third-order valence-electron chi connectivity index (χ3n) is 11.2. The first-order valence-electron chi connectivity index (χ1n) is 15.9. The maximum Gasteiger partial charge on any atom is 0.315 e. The van der Waals surface area contributed by atoms with E-state index < -0.39 is 29.1 Å². The lowest BCUT2D eigenvalue weighted by Crippen LogP contribution is -2.76. The number of carboxylic acid groups (broad SMARTS) is 1. The van der Waals surface area contributed by atoms with E-state index in [0.29, 0.717) is 36.5 Å². The van der Waals surface area contributed by atoms with E-state index in [-0.39, 0.29) is 36.8 Å². The Kier molecular flexibility index (Phi) is 6.07. The minimum Gasteiger partial charge on any atom is -0.481 e. The number of hydrogen-bond acceptors (Lipinski definition) is 7. The van der Waals surface area contributed by atoms with E-state index in [1.54, 1.807) is 6.07 Å². The molecule has 2 saturated carbocycles. The molecule has 44 heavy (non-hydrogen) atoms. The van der Waals surface area contributed by atoms with Gasteiger partial charge in [-0.3, -0.25) is 19.3 Å². The SMILES string of the molecule is Cc1ccc(CC(=O)Oc2ccc3c4c2O[C@H]2C(=O)CC[C@@]5(O)[C@@H](C3)N(CC3CC3)CC[C@]425)c2c(C)ccc(CC(=O)O)c12. The number of fused-ring (bicyclic) bond motifs is 1. The van der Waals surface area contributed by atoms with Gasteiger partial charge in [0.25, 0.3) is 0 Å². The van der Waals surface area contributed by atoms with Gasteiger partial charge in [0, 0.05) is 24.6 Å². The van der Waals surface area contributed by atoms with Gasteiger partial charge in [0.2, 0.25) is 0 Å². The highest BCUT2D eigenvalue weighted by atomic mass is 16.6. The summed E-state index contributed by atoms with van der Waals surface area (Å²) in [5, 5.41) is 23.7. The predicted molar refractivity (Wildman–Crippen MR) is 162 cm³/mol. The van der Waals surface area contributed by atoms with Crippen molar-refractivity contribution >= 4 is 28.5 Å². The highest BCUT2D eigenvalue weighted by molar-refractivity contribution is 5.97. The normalized spacial score (nSPS) is 28.5. The van der Waals surface area contributed by atoms with Gasteiger partial charge >= 0.3 is 11.9 Å². The number of hydrogen-bond donors (Lipinski definition) is 2. The summed E-state index contributed by atoms with van der Waals surface area (Å²) in [5.74, 6) is 0.0354. The average molecular weight is 596 g/mol. The zero-order valence-electron chi connectivity index (χ0n) is 25.2. The van der Waals surface area contributed by atoms with Gasteiger partial charge in [0.05, 0.1) is 23.9 Å². The largest absolute Gasteiger partial charge is 0.481 e. The smallest absolute Gasteiger partial charge is 0.315 e. The van der Waals surface area contributed by atoms with Crippen molar-refractivity contribution in [1.29, 1.82) is 0 Å². The van der Waals surface area contributed by atoms with Crippen LogP contribution in [0.25, 0.3) is 10.8 Å². The molecule has 2 bridgehead atoms. The predicted octanol–water partition coefficient (Wildman–Crippen LogP) is 4.37. The summed E-state index contributed by atoms with van der Waals surface area (Å²) in [6, 6.07) is 11.3. The standard InChI is InChI=1S/C36H37NO7/c1-19-4-8-23(31-20(2)3-7-22(30(19)31)16-28(39)40)17-29(41)43-26-10-9-24-15-27-36(42)12-11-25(38)34-35(36,32(24)33(26)44-34)13-14-37(27)18-21-5-6-21/h3-4,7-10,21,27,34,42H,5-6,11-18H2,1-2H3,(H,39,40)/t27-,34+,35+,36-/m1/s1. The minimum atomic E-state index is -1.08. The van der Waals surface area contributed by atoms with E-state index in [1.807, 2.05) is 44.2 Å². The molecule has 8 nitrogen and oxygen atoms in total. The fraction of sp³-hybridized carbons (Fsp3) is 0.472. The minimum absolute atomic E-state index is 0.00385. The summed E-state index contributed by atoms with van der Waals surface area (Å²) >= 11 is 0. The van der Waals surface area contributed by atoms with Crippen molar-refractivity contribution < 1.29 is 34.1 Å². The van der Waals surface area contributed by atoms with Crippen LogP contribution in [0.4, 0.5) is 0 Å². The lowest BCUT2D eigenvalue weighted by Gasteiger charge is -2.62. The maximum atomic E-state index is 13.6. The Morgan fingerprint density at radius 2 is 1.70 bits per heavy atom. The van der Waals surface area contributed by atoms with Crippen LogP contribution in [-0.2, 0) is 39.1 Å². The number of benzene rings is 3. The van der Waals surface area contributed by atoms with Crippen LogP contribution in [0.3, 0.4) is 0 Å². The lowest BCUT2D eigenvalue weighted by molar-refractivity contribution is -0.188. The number of aliphatic carboxylic acids is 1. The van der Waals surface area contributed by atoms with Crippen LogP contribution < -0.4 is 9.47 Å². The number of aryl methyl sites for hydroxylation is 2. The Hall–Kier alpha value is -3.75. The second-order valence-corrected chi connectivity index (χ2v) is 13.7. The number of ether oxygens (including phenoxy) is 2. The Morgan fingerprint density at radius 1 is 1.00 bits per heavy atom. The Morgan fingerprint density at radius 3 is 2.39 bits per heavy atom. The van der Waals surface area contributed by atoms with Crippen molar-refractivity contribution in [1.82, 2.24) is 4.90 Å². The zero-order valence-corrected chi connectivity index (χ0v) is 25.2. The summed E-state index contributed by atoms with van der Waals surface area (Å²) < 4.78 is 12.5. The number of nitrogens with zero attached hydrogens (tertiary/aromatic N) is 1. The van der Waals surface area contributed by atoms with Gasteiger partial charge in [-0.15, -0.1) is 0 Å². The molecule has 3 aromatic rings. The number of aliphatic hydroxyl groups is 1. The molecular formula is C36H37NO7. The number of carbonyl (C=O) groups excluding carboxylic acids is 2. The summed E-state index contributed by atoms with van der Waals surface area (Å²) in [5.41, 5.74) is 3.41. The summed E-state index contributed by atoms with van der Waals surface area (Å²) in [6.07, 6.45) is 3.60. The molecule has 2 N–H and O–H groups in total. The number of piperidine rings is 1. The van der Waals surface area contributed by atoms with Crippen molar-refractivity contribution in [2.75, 3.05) is 13.1 Å². The fourth-order valence-electron chi connectivity index (χ4n) is 9.11. The van der Waals surface area contributed by atoms with E-state index in [1.165, 1.54) is 12.8 Å². The van der Waals surface area contributed by atoms with E-state index in [0.717, 1.165) is 51.7 Å². The van der Waals surface area contributed by atoms with Crippen molar-refractivity contribution in [2.24, 2.45) is 5.92 Å². The van der Waals surface area contributed by atoms with E-state index in [4.69, 9.17) is 9.47 Å². The maximum absolute atomic E-state index is 13.6. The van der Waals surface area contributed by atoms with Crippen LogP contribution in [0.15, 0.2) is 36.4 Å². The van der Waals surface area contributed by atoms with Crippen molar-refractivity contribution in [3.05, 3.63) is 69.8 Å². The lowest BCUT2D eigenvalue weighted by atomic mass is 9.49. The van der Waals surface area contributed by atoms with Crippen molar-refractivity contribution in [3.63, 3.8) is 0 Å². The first-order chi connectivity index (χ1) is 21.1. The monoisotopic (exact) mass is 595 g/mol. The molecule has 1 spiro atoms. The van der Waals surface area contributed by atoms with Gasteiger partial charge in [-0.1, -0.05) is 30.3 Å². The fourth-order valence-corrected chi connectivity index (χ4v) is 9.11. The number of likely N-dealkylation sites (tertiary alicyclic amines) is 1. The molecule has 228 valence electrons. The second kappa shape index (κ2) is 9.62. The molecule has 0 unspecified atom stereocenters. The third-order valence-corrected chi connectivity index (χ3v) is 11.2. The number of carbonyl (C=O) groups is 3. The Balaban J connectivity index is 1.15. The van der Waals surface area contributed by atoms with Crippen LogP contribution in [0, 0.1) is 19.8 Å². The molecular weight excluding hydrogens is 558 g/mol. The zero-order chi connectivity index (χ0) is 30.5. The van der Waals surface area contributed by atoms with E-state index in [9.17, 15) is 24.6 Å². The molecule has 3 fully saturated rings. The molecule has 3 aromatic carbocycles. The van der Waals surface area contributed by atoms with Crippen molar-refractivity contribution in [2.45, 2.75) is 88.4 Å². The van der Waals surface area contributed by atoms with E-state index >= 15 is 0 Å². The highest BCUT2D eigenvalue weighted by Crippen LogP contribution is 2.65. The van der Waals surface area contributed by atoms with E-state index in [2.05, 4.69) is 4.90 Å². The highest BCUT2D eigenvalue weighted by Gasteiger charge is 2.73. The summed E-state index contributed by atoms with van der Waals surface area (Å²) in [4.78, 5) is 41.0. The quantitative estimate of drug-likeness (QED) is 0.306. The van der Waals surface area contributed by atoms with Crippen LogP contribution in [0.5, 0.6) is 11.5 Å². The molecule has 2 heterocycles. The van der Waals surface area contributed by atoms with Gasteiger partial charge in [0.1, 0.15) is 0 Å². The number of rotatable bonds is 7. The molecule has 2 aliphatic heterocycles. The molecule has 5 aliphatic rings. The Bertz CT molecular complexity index is 1780. The van der Waals surface area contributed by atoms with Crippen LogP contribution in [0.1, 0.15) is 65.5 Å². The van der Waals surface area contributed by atoms with Gasteiger partial charge < -0.3 is 19.7 Å². The molecule has 4 atom stereocenters.